The number of hydrogen-bond donors (Lipinski definition) is 1. The van der Waals surface area contributed by atoms with Crippen LogP contribution in [0, 0.1) is 0 Å². The Kier molecular flexibility index (Phi) is 6.41. The molecule has 1 atom stereocenters. The highest BCUT2D eigenvalue weighted by molar-refractivity contribution is 7.89. The molecule has 0 spiro atoms. The lowest BCUT2D eigenvalue weighted by Gasteiger charge is -2.25. The molecule has 0 saturated heterocycles. The number of carbonyl (C=O) groups is 1. The highest BCUT2D eigenvalue weighted by atomic mass is 35.5. The van der Waals surface area contributed by atoms with Crippen LogP contribution in [-0.4, -0.2) is 64.4 Å². The minimum atomic E-state index is -3.92. The smallest absolute Gasteiger partial charge is 0.257 e. The predicted molar refractivity (Wildman–Crippen MR) is 89.5 cm³/mol. The van der Waals surface area contributed by atoms with Crippen molar-refractivity contribution in [3.05, 3.63) is 22.7 Å². The predicted octanol–water partition coefficient (Wildman–Crippen LogP) is 1.02. The van der Waals surface area contributed by atoms with E-state index in [2.05, 4.69) is 0 Å². The largest absolute Gasteiger partial charge is 0.494 e. The number of likely N-dealkylation sites (N-methyl/N-ethyl adjacent to an activating group) is 1. The molecule has 0 aliphatic rings. The summed E-state index contributed by atoms with van der Waals surface area (Å²) in [5.41, 5.74) is 5.62. The second-order valence-corrected chi connectivity index (χ2v) is 7.69. The Balaban J connectivity index is 3.62. The lowest BCUT2D eigenvalue weighted by molar-refractivity contribution is 0.0823. The quantitative estimate of drug-likeness (QED) is 0.814. The minimum absolute atomic E-state index is 0.0378. The van der Waals surface area contributed by atoms with Gasteiger partial charge in [0.05, 0.1) is 12.7 Å². The van der Waals surface area contributed by atoms with Crippen molar-refractivity contribution in [3.8, 4) is 5.75 Å². The number of hydrogen-bond acceptors (Lipinski definition) is 5. The summed E-state index contributed by atoms with van der Waals surface area (Å²) in [5, 5.41) is 0.128. The van der Waals surface area contributed by atoms with Crippen LogP contribution in [-0.2, 0) is 10.0 Å². The zero-order chi connectivity index (χ0) is 17.9. The Hall–Kier alpha value is -1.35. The van der Waals surface area contributed by atoms with E-state index in [9.17, 15) is 13.2 Å². The van der Waals surface area contributed by atoms with Crippen molar-refractivity contribution in [2.24, 2.45) is 5.73 Å². The first-order valence-corrected chi connectivity index (χ1v) is 8.67. The molecule has 9 heteroatoms. The van der Waals surface area contributed by atoms with Crippen LogP contribution in [0.2, 0.25) is 5.02 Å². The van der Waals surface area contributed by atoms with Gasteiger partial charge in [-0.15, -0.1) is 0 Å². The topological polar surface area (TPSA) is 92.9 Å². The molecule has 0 heterocycles. The lowest BCUT2D eigenvalue weighted by atomic mass is 10.2. The van der Waals surface area contributed by atoms with Crippen LogP contribution in [0.4, 0.5) is 0 Å². The summed E-state index contributed by atoms with van der Waals surface area (Å²) < 4.78 is 32.0. The van der Waals surface area contributed by atoms with Crippen LogP contribution in [0.15, 0.2) is 17.0 Å². The van der Waals surface area contributed by atoms with Crippen LogP contribution >= 0.6 is 11.6 Å². The molecule has 0 radical (unpaired) electrons. The highest BCUT2D eigenvalue weighted by Crippen LogP contribution is 2.34. The third-order valence-electron chi connectivity index (χ3n) is 3.48. The van der Waals surface area contributed by atoms with Gasteiger partial charge in [-0.3, -0.25) is 4.79 Å². The van der Waals surface area contributed by atoms with Gasteiger partial charge in [-0.05, 0) is 19.1 Å². The molecular formula is C14H22ClN3O4S. The molecule has 7 nitrogen and oxygen atoms in total. The molecule has 1 aromatic rings. The van der Waals surface area contributed by atoms with Gasteiger partial charge in [0.1, 0.15) is 4.90 Å². The first-order chi connectivity index (χ1) is 10.6. The maximum absolute atomic E-state index is 12.8. The first kappa shape index (κ1) is 19.7. The van der Waals surface area contributed by atoms with E-state index in [0.29, 0.717) is 0 Å². The number of nitrogens with zero attached hydrogens (tertiary/aromatic N) is 2. The Morgan fingerprint density at radius 3 is 2.35 bits per heavy atom. The second kappa shape index (κ2) is 7.48. The molecule has 1 aromatic carbocycles. The number of sulfonamides is 1. The normalized spacial score (nSPS) is 13.0. The van der Waals surface area contributed by atoms with Gasteiger partial charge < -0.3 is 15.4 Å². The van der Waals surface area contributed by atoms with Crippen LogP contribution in [0.1, 0.15) is 17.3 Å². The van der Waals surface area contributed by atoms with Crippen molar-refractivity contribution < 1.29 is 17.9 Å². The van der Waals surface area contributed by atoms with Gasteiger partial charge in [0.25, 0.3) is 5.91 Å². The molecular weight excluding hydrogens is 342 g/mol. The van der Waals surface area contributed by atoms with E-state index < -0.39 is 22.0 Å². The van der Waals surface area contributed by atoms with E-state index in [0.717, 1.165) is 4.31 Å². The van der Waals surface area contributed by atoms with Gasteiger partial charge in [0, 0.05) is 38.8 Å². The molecule has 2 N–H and O–H groups in total. The maximum Gasteiger partial charge on any atom is 0.257 e. The van der Waals surface area contributed by atoms with E-state index in [1.165, 1.54) is 31.2 Å². The SMILES string of the molecule is COc1c(C(=O)N(C)C)cc(Cl)cc1S(=O)(=O)N(C)C(C)CN. The molecule has 0 fully saturated rings. The molecule has 0 aliphatic heterocycles. The average molecular weight is 364 g/mol. The molecule has 1 rings (SSSR count). The molecule has 0 aromatic heterocycles. The summed E-state index contributed by atoms with van der Waals surface area (Å²) in [4.78, 5) is 13.4. The summed E-state index contributed by atoms with van der Waals surface area (Å²) in [5.74, 6) is -0.445. The fraction of sp³-hybridized carbons (Fsp3) is 0.500. The average Bonchev–Trinajstić information content (AvgIpc) is 2.51. The molecule has 0 aliphatic carbocycles. The number of nitrogens with two attached hydrogens (primary N) is 1. The monoisotopic (exact) mass is 363 g/mol. The summed E-state index contributed by atoms with van der Waals surface area (Å²) >= 11 is 6.02. The second-order valence-electron chi connectivity index (χ2n) is 5.29. The number of amides is 1. The molecule has 1 unspecified atom stereocenters. The lowest BCUT2D eigenvalue weighted by Crippen LogP contribution is -2.40. The van der Waals surface area contributed by atoms with Crippen molar-refractivity contribution in [3.63, 3.8) is 0 Å². The Morgan fingerprint density at radius 2 is 1.91 bits per heavy atom. The molecule has 130 valence electrons. The van der Waals surface area contributed by atoms with Crippen molar-refractivity contribution in [1.82, 2.24) is 9.21 Å². The van der Waals surface area contributed by atoms with Gasteiger partial charge in [0.2, 0.25) is 10.0 Å². The fourth-order valence-electron chi connectivity index (χ4n) is 1.91. The summed E-state index contributed by atoms with van der Waals surface area (Å²) in [6, 6.07) is 2.23. The molecule has 0 saturated carbocycles. The van der Waals surface area contributed by atoms with E-state index >= 15 is 0 Å². The molecule has 0 bridgehead atoms. The molecule has 1 amide bonds. The third kappa shape index (κ3) is 3.95. The van der Waals surface area contributed by atoms with Gasteiger partial charge in [-0.25, -0.2) is 8.42 Å². The van der Waals surface area contributed by atoms with Crippen molar-refractivity contribution in [2.75, 3.05) is 34.8 Å². The minimum Gasteiger partial charge on any atom is -0.494 e. The summed E-state index contributed by atoms with van der Waals surface area (Å²) in [6.07, 6.45) is 0. The number of ether oxygens (including phenoxy) is 1. The van der Waals surface area contributed by atoms with Crippen LogP contribution in [0.5, 0.6) is 5.75 Å². The van der Waals surface area contributed by atoms with Crippen molar-refractivity contribution in [2.45, 2.75) is 17.9 Å². The maximum atomic E-state index is 12.8. The number of carbonyl (C=O) groups excluding carboxylic acids is 1. The van der Waals surface area contributed by atoms with Gasteiger partial charge in [-0.2, -0.15) is 4.31 Å². The Morgan fingerprint density at radius 1 is 1.35 bits per heavy atom. The highest BCUT2D eigenvalue weighted by Gasteiger charge is 2.31. The Bertz CT molecular complexity index is 692. The summed E-state index contributed by atoms with van der Waals surface area (Å²) in [7, 11) is 1.91. The number of methoxy groups -OCH3 is 1. The molecule has 23 heavy (non-hydrogen) atoms. The van der Waals surface area contributed by atoms with Gasteiger partial charge >= 0.3 is 0 Å². The van der Waals surface area contributed by atoms with E-state index in [-0.39, 0.29) is 27.8 Å². The van der Waals surface area contributed by atoms with Crippen LogP contribution in [0.3, 0.4) is 0 Å². The standard InChI is InChI=1S/C14H22ClN3O4S/c1-9(8-16)18(4)23(20,21)12-7-10(15)6-11(13(12)22-5)14(19)17(2)3/h6-7,9H,8,16H2,1-5H3. The van der Waals surface area contributed by atoms with Crippen molar-refractivity contribution in [1.29, 1.82) is 0 Å². The number of rotatable bonds is 6. The number of benzene rings is 1. The number of halogens is 1. The summed E-state index contributed by atoms with van der Waals surface area (Å²) in [6.45, 7) is 1.84. The fourth-order valence-corrected chi connectivity index (χ4v) is 3.77. The van der Waals surface area contributed by atoms with Crippen molar-refractivity contribution >= 4 is 27.5 Å². The van der Waals surface area contributed by atoms with Crippen LogP contribution in [0.25, 0.3) is 0 Å². The van der Waals surface area contributed by atoms with E-state index in [4.69, 9.17) is 22.1 Å². The van der Waals surface area contributed by atoms with Crippen LogP contribution < -0.4 is 10.5 Å². The van der Waals surface area contributed by atoms with E-state index in [1.807, 2.05) is 0 Å². The zero-order valence-corrected chi connectivity index (χ0v) is 15.4. The Labute approximate surface area is 142 Å². The van der Waals surface area contributed by atoms with Gasteiger partial charge in [-0.1, -0.05) is 11.6 Å². The van der Waals surface area contributed by atoms with E-state index in [1.54, 1.807) is 21.0 Å². The van der Waals surface area contributed by atoms with Gasteiger partial charge in [0.15, 0.2) is 5.75 Å². The first-order valence-electron chi connectivity index (χ1n) is 6.85. The third-order valence-corrected chi connectivity index (χ3v) is 5.67. The zero-order valence-electron chi connectivity index (χ0n) is 13.8.